The number of nitrogens with zero attached hydrogens (tertiary/aromatic N) is 1. The predicted molar refractivity (Wildman–Crippen MR) is 91.8 cm³/mol. The second kappa shape index (κ2) is 6.32. The Bertz CT molecular complexity index is 691. The number of carboxylic acid groups (broad SMARTS) is 1. The Morgan fingerprint density at radius 2 is 2.20 bits per heavy atom. The van der Waals surface area contributed by atoms with Gasteiger partial charge in [-0.2, -0.15) is 0 Å². The number of halogens is 1. The number of carboxylic acids is 1. The highest BCUT2D eigenvalue weighted by Crippen LogP contribution is 2.48. The van der Waals surface area contributed by atoms with Crippen LogP contribution in [0.25, 0.3) is 0 Å². The lowest BCUT2D eigenvalue weighted by molar-refractivity contribution is -0.149. The number of fused-ring (bicyclic) bond motifs is 1. The van der Waals surface area contributed by atoms with Crippen LogP contribution in [0.4, 0.5) is 9.18 Å². The molecule has 0 bridgehead atoms. The van der Waals surface area contributed by atoms with Crippen molar-refractivity contribution in [3.8, 4) is 0 Å². The van der Waals surface area contributed by atoms with Gasteiger partial charge in [-0.3, -0.25) is 4.79 Å². The minimum Gasteiger partial charge on any atom is -0.481 e. The maximum absolute atomic E-state index is 13.4. The van der Waals surface area contributed by atoms with Crippen molar-refractivity contribution in [1.29, 1.82) is 0 Å². The molecule has 6 heteroatoms. The van der Waals surface area contributed by atoms with Gasteiger partial charge in [-0.1, -0.05) is 32.4 Å². The van der Waals surface area contributed by atoms with Crippen molar-refractivity contribution in [3.05, 3.63) is 35.6 Å². The van der Waals surface area contributed by atoms with Crippen LogP contribution in [-0.2, 0) is 10.2 Å². The van der Waals surface area contributed by atoms with E-state index in [4.69, 9.17) is 0 Å². The summed E-state index contributed by atoms with van der Waals surface area (Å²) in [6.45, 7) is 5.02. The molecule has 25 heavy (non-hydrogen) atoms. The molecule has 2 atom stereocenters. The maximum Gasteiger partial charge on any atom is 0.317 e. The van der Waals surface area contributed by atoms with Gasteiger partial charge in [0.25, 0.3) is 0 Å². The lowest BCUT2D eigenvalue weighted by atomic mass is 9.81. The second-order valence-corrected chi connectivity index (χ2v) is 7.98. The monoisotopic (exact) mass is 348 g/mol. The van der Waals surface area contributed by atoms with Gasteiger partial charge in [-0.15, -0.1) is 0 Å². The molecule has 2 aliphatic rings. The lowest BCUT2D eigenvalue weighted by Crippen LogP contribution is -2.45. The van der Waals surface area contributed by atoms with Crippen LogP contribution in [0, 0.1) is 17.2 Å². The second-order valence-electron chi connectivity index (χ2n) is 7.98. The molecule has 2 fully saturated rings. The number of nitrogens with one attached hydrogen (secondary N) is 1. The topological polar surface area (TPSA) is 69.6 Å². The number of amides is 2. The molecule has 1 saturated carbocycles. The molecule has 0 radical (unpaired) electrons. The molecular weight excluding hydrogens is 323 g/mol. The molecule has 1 aliphatic heterocycles. The first-order valence-electron chi connectivity index (χ1n) is 8.77. The Kier molecular flexibility index (Phi) is 4.47. The first kappa shape index (κ1) is 17.7. The van der Waals surface area contributed by atoms with Crippen LogP contribution < -0.4 is 5.32 Å². The Labute approximate surface area is 147 Å². The zero-order valence-electron chi connectivity index (χ0n) is 14.7. The van der Waals surface area contributed by atoms with Crippen LogP contribution in [0.1, 0.15) is 38.7 Å². The van der Waals surface area contributed by atoms with Gasteiger partial charge in [0.05, 0.1) is 5.41 Å². The van der Waals surface area contributed by atoms with E-state index in [2.05, 4.69) is 5.32 Å². The van der Waals surface area contributed by atoms with Crippen molar-refractivity contribution in [2.45, 2.75) is 38.5 Å². The van der Waals surface area contributed by atoms with Crippen LogP contribution in [0.15, 0.2) is 24.3 Å². The van der Waals surface area contributed by atoms with E-state index in [1.54, 1.807) is 11.0 Å². The first-order chi connectivity index (χ1) is 11.7. The highest BCUT2D eigenvalue weighted by molar-refractivity contribution is 5.80. The van der Waals surface area contributed by atoms with Gasteiger partial charge in [-0.05, 0) is 36.5 Å². The van der Waals surface area contributed by atoms with Gasteiger partial charge in [0.1, 0.15) is 5.82 Å². The molecule has 5 nitrogen and oxygen atoms in total. The summed E-state index contributed by atoms with van der Waals surface area (Å²) in [6.07, 6.45) is 2.43. The fraction of sp³-hybridized carbons (Fsp3) is 0.579. The molecular formula is C19H25FN2O3. The Morgan fingerprint density at radius 3 is 2.84 bits per heavy atom. The average Bonchev–Trinajstić information content (AvgIpc) is 3.11. The fourth-order valence-corrected chi connectivity index (χ4v) is 4.21. The highest BCUT2D eigenvalue weighted by atomic mass is 19.1. The Morgan fingerprint density at radius 1 is 1.44 bits per heavy atom. The first-order valence-corrected chi connectivity index (χ1v) is 8.77. The molecule has 1 saturated heterocycles. The van der Waals surface area contributed by atoms with Crippen molar-refractivity contribution < 1.29 is 19.1 Å². The van der Waals surface area contributed by atoms with Crippen LogP contribution in [0.3, 0.4) is 0 Å². The van der Waals surface area contributed by atoms with E-state index < -0.39 is 16.8 Å². The minimum absolute atomic E-state index is 0.0481. The number of rotatable bonds is 4. The number of hydrogen-bond donors (Lipinski definition) is 2. The Balaban J connectivity index is 1.63. The molecule has 0 spiro atoms. The zero-order chi connectivity index (χ0) is 18.2. The SMILES string of the molecule is CC(C)(CNC(=O)N1C[C@@H]2CCC[C@@]2(C(=O)O)C1)c1cccc(F)c1. The Hall–Kier alpha value is -2.11. The van der Waals surface area contributed by atoms with Crippen LogP contribution in [-0.4, -0.2) is 41.6 Å². The predicted octanol–water partition coefficient (Wildman–Crippen LogP) is 3.00. The third-order valence-electron chi connectivity index (χ3n) is 5.87. The smallest absolute Gasteiger partial charge is 0.317 e. The number of carbonyl (C=O) groups excluding carboxylic acids is 1. The average molecular weight is 348 g/mol. The van der Waals surface area contributed by atoms with Crippen LogP contribution in [0.5, 0.6) is 0 Å². The largest absolute Gasteiger partial charge is 0.481 e. The van der Waals surface area contributed by atoms with Gasteiger partial charge in [0, 0.05) is 25.0 Å². The van der Waals surface area contributed by atoms with Gasteiger partial charge >= 0.3 is 12.0 Å². The van der Waals surface area contributed by atoms with Crippen molar-refractivity contribution in [1.82, 2.24) is 10.2 Å². The number of benzene rings is 1. The quantitative estimate of drug-likeness (QED) is 0.879. The maximum atomic E-state index is 13.4. The van der Waals surface area contributed by atoms with Crippen LogP contribution in [0.2, 0.25) is 0 Å². The molecule has 136 valence electrons. The number of aliphatic carboxylic acids is 1. The summed E-state index contributed by atoms with van der Waals surface area (Å²) in [4.78, 5) is 25.9. The molecule has 1 heterocycles. The van der Waals surface area contributed by atoms with E-state index >= 15 is 0 Å². The summed E-state index contributed by atoms with van der Waals surface area (Å²) >= 11 is 0. The summed E-state index contributed by atoms with van der Waals surface area (Å²) in [5, 5.41) is 12.5. The lowest BCUT2D eigenvalue weighted by Gasteiger charge is -2.28. The molecule has 2 amide bonds. The summed E-state index contributed by atoms with van der Waals surface area (Å²) in [5.41, 5.74) is -0.374. The van der Waals surface area contributed by atoms with E-state index in [0.717, 1.165) is 18.4 Å². The zero-order valence-corrected chi connectivity index (χ0v) is 14.7. The molecule has 1 aromatic rings. The molecule has 1 aliphatic carbocycles. The molecule has 0 aromatic heterocycles. The van der Waals surface area contributed by atoms with Gasteiger partial charge < -0.3 is 15.3 Å². The normalized spacial score (nSPS) is 25.7. The molecule has 3 rings (SSSR count). The van der Waals surface area contributed by atoms with Crippen molar-refractivity contribution in [2.75, 3.05) is 19.6 Å². The standard InChI is InChI=1S/C19H25FN2O3/c1-18(2,13-5-3-7-15(20)9-13)11-21-17(25)22-10-14-6-4-8-19(14,12-22)16(23)24/h3,5,7,9,14H,4,6,8,10-12H2,1-2H3,(H,21,25)(H,23,24)/t14-,19+/m0/s1. The summed E-state index contributed by atoms with van der Waals surface area (Å²) in [5.74, 6) is -1.04. The van der Waals surface area contributed by atoms with E-state index in [-0.39, 0.29) is 24.3 Å². The molecule has 0 unspecified atom stereocenters. The summed E-state index contributed by atoms with van der Waals surface area (Å²) in [7, 11) is 0. The van der Waals surface area contributed by atoms with Crippen molar-refractivity contribution >= 4 is 12.0 Å². The summed E-state index contributed by atoms with van der Waals surface area (Å²) in [6, 6.07) is 6.14. The third-order valence-corrected chi connectivity index (χ3v) is 5.87. The van der Waals surface area contributed by atoms with E-state index in [0.29, 0.717) is 19.5 Å². The highest BCUT2D eigenvalue weighted by Gasteiger charge is 2.55. The molecule has 2 N–H and O–H groups in total. The van der Waals surface area contributed by atoms with E-state index in [9.17, 15) is 19.1 Å². The van der Waals surface area contributed by atoms with Crippen LogP contribution >= 0.6 is 0 Å². The number of urea groups is 1. The number of hydrogen-bond acceptors (Lipinski definition) is 2. The summed E-state index contributed by atoms with van der Waals surface area (Å²) < 4.78 is 13.4. The van der Waals surface area contributed by atoms with E-state index in [1.807, 2.05) is 19.9 Å². The fourth-order valence-electron chi connectivity index (χ4n) is 4.21. The van der Waals surface area contributed by atoms with E-state index in [1.165, 1.54) is 12.1 Å². The van der Waals surface area contributed by atoms with Crippen molar-refractivity contribution in [3.63, 3.8) is 0 Å². The van der Waals surface area contributed by atoms with Gasteiger partial charge in [-0.25, -0.2) is 9.18 Å². The minimum atomic E-state index is -0.787. The third kappa shape index (κ3) is 3.22. The number of carbonyl (C=O) groups is 2. The van der Waals surface area contributed by atoms with Gasteiger partial charge in [0.15, 0.2) is 0 Å². The van der Waals surface area contributed by atoms with Crippen molar-refractivity contribution in [2.24, 2.45) is 11.3 Å². The van der Waals surface area contributed by atoms with Gasteiger partial charge in [0.2, 0.25) is 0 Å². The number of likely N-dealkylation sites (tertiary alicyclic amines) is 1. The molecule has 1 aromatic carbocycles.